The summed E-state index contributed by atoms with van der Waals surface area (Å²) in [5.74, 6) is 0.0953. The molecule has 5 aliphatic rings. The average molecular weight is 719 g/mol. The highest BCUT2D eigenvalue weighted by molar-refractivity contribution is 14.1. The lowest BCUT2D eigenvalue weighted by Gasteiger charge is -2.62. The van der Waals surface area contributed by atoms with Gasteiger partial charge in [0, 0.05) is 29.1 Å². The third kappa shape index (κ3) is 5.29. The number of fused-ring (bicyclic) bond motifs is 7. The molecule has 1 heterocycles. The molecule has 0 amide bonds. The Bertz CT molecular complexity index is 1270. The number of ether oxygens (including phenoxy) is 3. The van der Waals surface area contributed by atoms with Gasteiger partial charge < -0.3 is 19.3 Å². The first kappa shape index (κ1) is 32.5. The van der Waals surface area contributed by atoms with Crippen LogP contribution in [-0.4, -0.2) is 45.6 Å². The minimum atomic E-state index is -1.23. The molecule has 0 radical (unpaired) electrons. The van der Waals surface area contributed by atoms with E-state index in [9.17, 15) is 14.7 Å². The molecule has 0 bridgehead atoms. The smallest absolute Gasteiger partial charge is 0.338 e. The first-order valence-electron chi connectivity index (χ1n) is 16.9. The van der Waals surface area contributed by atoms with Gasteiger partial charge in [-0.1, -0.05) is 73.7 Å². The zero-order valence-electron chi connectivity index (χ0n) is 27.1. The highest BCUT2D eigenvalue weighted by Crippen LogP contribution is 2.72. The van der Waals surface area contributed by atoms with Crippen molar-refractivity contribution in [1.82, 2.24) is 0 Å². The van der Waals surface area contributed by atoms with E-state index in [1.807, 2.05) is 30.3 Å². The summed E-state index contributed by atoms with van der Waals surface area (Å²) >= 11 is 2.43. The fraction of sp³-hybridized carbons (Fsp3) is 0.730. The van der Waals surface area contributed by atoms with Gasteiger partial charge in [0.1, 0.15) is 12.2 Å². The summed E-state index contributed by atoms with van der Waals surface area (Å²) in [7, 11) is 0. The molecule has 0 unspecified atom stereocenters. The van der Waals surface area contributed by atoms with Gasteiger partial charge in [-0.3, -0.25) is 4.79 Å². The summed E-state index contributed by atoms with van der Waals surface area (Å²) in [6.45, 7) is 14.8. The van der Waals surface area contributed by atoms with Gasteiger partial charge in [-0.15, -0.1) is 0 Å². The van der Waals surface area contributed by atoms with Gasteiger partial charge in [0.2, 0.25) is 0 Å². The maximum Gasteiger partial charge on any atom is 0.338 e. The largest absolute Gasteiger partial charge is 0.463 e. The molecule has 6 rings (SSSR count). The maximum atomic E-state index is 13.7. The minimum absolute atomic E-state index is 0.00834. The Balaban J connectivity index is 1.34. The Hall–Kier alpha value is -1.45. The van der Waals surface area contributed by atoms with E-state index >= 15 is 0 Å². The number of hydrogen-bond acceptors (Lipinski definition) is 6. The van der Waals surface area contributed by atoms with Crippen molar-refractivity contribution in [3.63, 3.8) is 0 Å². The summed E-state index contributed by atoms with van der Waals surface area (Å²) in [6.07, 6.45) is 6.82. The SMILES string of the molecule is C=C(C)[C@H](CI)C[C@H]1O[C@@]2(O)C[C@H]3[C@@H]4CC[C@H]5C[C@@H](OC(C)=O)CC[C@]5(C)[C@H]4C[C@@H](OC(=O)c4ccccc4)[C@]3(C)[C@H]2[C@@H]1C. The summed E-state index contributed by atoms with van der Waals surface area (Å²) in [6, 6.07) is 9.32. The third-order valence-corrected chi connectivity index (χ3v) is 14.4. The fourth-order valence-electron chi connectivity index (χ4n) is 11.2. The molecular formula is C37H51IO6. The molecule has 1 saturated heterocycles. The van der Waals surface area contributed by atoms with Gasteiger partial charge in [-0.05, 0) is 105 Å². The highest BCUT2D eigenvalue weighted by Gasteiger charge is 2.74. The average Bonchev–Trinajstić information content (AvgIpc) is 3.37. The number of carbonyl (C=O) groups excluding carboxylic acids is 2. The molecule has 4 aliphatic carbocycles. The van der Waals surface area contributed by atoms with Crippen molar-refractivity contribution < 1.29 is 28.9 Å². The van der Waals surface area contributed by atoms with Crippen molar-refractivity contribution in [3.05, 3.63) is 48.0 Å². The van der Waals surface area contributed by atoms with E-state index in [0.717, 1.165) is 54.9 Å². The van der Waals surface area contributed by atoms with Crippen LogP contribution in [-0.2, 0) is 19.0 Å². The zero-order valence-corrected chi connectivity index (χ0v) is 29.3. The van der Waals surface area contributed by atoms with Crippen LogP contribution in [0.5, 0.6) is 0 Å². The van der Waals surface area contributed by atoms with Crippen LogP contribution in [0.2, 0.25) is 0 Å². The maximum absolute atomic E-state index is 13.7. The number of halogens is 1. The van der Waals surface area contributed by atoms with Gasteiger partial charge in [-0.2, -0.15) is 0 Å². The van der Waals surface area contributed by atoms with Gasteiger partial charge in [0.15, 0.2) is 5.79 Å². The summed E-state index contributed by atoms with van der Waals surface area (Å²) in [4.78, 5) is 25.5. The Morgan fingerprint density at radius 2 is 1.82 bits per heavy atom. The molecular weight excluding hydrogens is 667 g/mol. The van der Waals surface area contributed by atoms with E-state index in [4.69, 9.17) is 14.2 Å². The Labute approximate surface area is 277 Å². The molecule has 44 heavy (non-hydrogen) atoms. The first-order valence-corrected chi connectivity index (χ1v) is 18.4. The third-order valence-electron chi connectivity index (χ3n) is 13.3. The van der Waals surface area contributed by atoms with Crippen LogP contribution < -0.4 is 0 Å². The summed E-state index contributed by atoms with van der Waals surface area (Å²) in [5.41, 5.74) is 1.39. The Morgan fingerprint density at radius 1 is 1.09 bits per heavy atom. The number of benzene rings is 1. The quantitative estimate of drug-likeness (QED) is 0.134. The van der Waals surface area contributed by atoms with E-state index in [1.165, 1.54) is 6.92 Å². The predicted molar refractivity (Wildman–Crippen MR) is 178 cm³/mol. The van der Waals surface area contributed by atoms with Crippen LogP contribution in [0.3, 0.4) is 0 Å². The standard InChI is InChI=1S/C37H51IO6/c1-21(2)25(20-38)16-31-22(3)33-36(6)30(19-37(33,41)44-31)28-13-12-26-17-27(42-23(4)39)14-15-35(26,5)29(28)18-32(36)43-34(40)24-10-8-7-9-11-24/h7-11,22,25-33,41H,1,12-20H2,2-6H3/t22-,25+,26+,27+,28-,29+,30+,31-,32-,33-,35+,36-,37+/m1/s1. The van der Waals surface area contributed by atoms with Crippen molar-refractivity contribution in [2.24, 2.45) is 52.3 Å². The van der Waals surface area contributed by atoms with E-state index in [-0.39, 0.29) is 53.4 Å². The van der Waals surface area contributed by atoms with E-state index in [2.05, 4.69) is 56.9 Å². The van der Waals surface area contributed by atoms with Crippen LogP contribution in [0, 0.1) is 52.3 Å². The van der Waals surface area contributed by atoms with Crippen molar-refractivity contribution in [2.75, 3.05) is 4.43 Å². The monoisotopic (exact) mass is 718 g/mol. The van der Waals surface area contributed by atoms with E-state index in [1.54, 1.807) is 0 Å². The number of alkyl halides is 1. The number of hydrogen-bond donors (Lipinski definition) is 1. The topological polar surface area (TPSA) is 82.1 Å². The van der Waals surface area contributed by atoms with Gasteiger partial charge in [0.05, 0.1) is 11.7 Å². The van der Waals surface area contributed by atoms with Crippen molar-refractivity contribution in [1.29, 1.82) is 0 Å². The lowest BCUT2D eigenvalue weighted by Crippen LogP contribution is -2.60. The molecule has 1 N–H and O–H groups in total. The Morgan fingerprint density at radius 3 is 2.48 bits per heavy atom. The van der Waals surface area contributed by atoms with Crippen molar-refractivity contribution in [2.45, 2.75) is 110 Å². The van der Waals surface area contributed by atoms with Crippen LogP contribution in [0.4, 0.5) is 0 Å². The van der Waals surface area contributed by atoms with Crippen molar-refractivity contribution in [3.8, 4) is 0 Å². The number of allylic oxidation sites excluding steroid dienone is 1. The second-order valence-electron chi connectivity index (χ2n) is 15.5. The second kappa shape index (κ2) is 12.0. The summed E-state index contributed by atoms with van der Waals surface area (Å²) < 4.78 is 20.1. The van der Waals surface area contributed by atoms with Crippen LogP contribution in [0.25, 0.3) is 0 Å². The van der Waals surface area contributed by atoms with Crippen LogP contribution in [0.15, 0.2) is 42.5 Å². The number of rotatable bonds is 7. The highest BCUT2D eigenvalue weighted by atomic mass is 127. The molecule has 7 heteroatoms. The lowest BCUT2D eigenvalue weighted by molar-refractivity contribution is -0.212. The molecule has 1 aromatic carbocycles. The van der Waals surface area contributed by atoms with Crippen molar-refractivity contribution >= 4 is 34.5 Å². The minimum Gasteiger partial charge on any atom is -0.463 e. The lowest BCUT2D eigenvalue weighted by atomic mass is 9.43. The molecule has 1 aliphatic heterocycles. The van der Waals surface area contributed by atoms with Gasteiger partial charge in [-0.25, -0.2) is 4.79 Å². The van der Waals surface area contributed by atoms with Gasteiger partial charge in [0.25, 0.3) is 0 Å². The zero-order chi connectivity index (χ0) is 31.6. The number of esters is 2. The molecule has 0 spiro atoms. The normalized spacial score (nSPS) is 44.8. The Kier molecular flexibility index (Phi) is 8.84. The van der Waals surface area contributed by atoms with Crippen LogP contribution >= 0.6 is 22.6 Å². The fourth-order valence-corrected chi connectivity index (χ4v) is 12.3. The summed E-state index contributed by atoms with van der Waals surface area (Å²) in [5, 5.41) is 12.4. The molecule has 5 fully saturated rings. The predicted octanol–water partition coefficient (Wildman–Crippen LogP) is 7.76. The molecule has 6 nitrogen and oxygen atoms in total. The van der Waals surface area contributed by atoms with E-state index in [0.29, 0.717) is 35.7 Å². The molecule has 4 saturated carbocycles. The molecule has 1 aromatic rings. The number of aliphatic hydroxyl groups is 1. The molecule has 13 atom stereocenters. The second-order valence-corrected chi connectivity index (χ2v) is 16.4. The van der Waals surface area contributed by atoms with E-state index < -0.39 is 11.2 Å². The van der Waals surface area contributed by atoms with Crippen LogP contribution in [0.1, 0.15) is 96.3 Å². The molecule has 0 aromatic heterocycles. The number of carbonyl (C=O) groups is 2. The van der Waals surface area contributed by atoms with Gasteiger partial charge >= 0.3 is 11.9 Å². The molecule has 242 valence electrons. The first-order chi connectivity index (χ1) is 20.8.